The molecule has 0 radical (unpaired) electrons. The number of alkyl halides is 1. The van der Waals surface area contributed by atoms with Crippen molar-refractivity contribution in [2.75, 3.05) is 30.8 Å². The van der Waals surface area contributed by atoms with E-state index in [2.05, 4.69) is 24.6 Å². The number of carbonyl (C=O) groups is 1. The largest absolute Gasteiger partial charge is 0.369 e. The van der Waals surface area contributed by atoms with Crippen molar-refractivity contribution in [1.82, 2.24) is 14.3 Å². The highest BCUT2D eigenvalue weighted by Gasteiger charge is 2.47. The number of nitrogens with zero attached hydrogens (tertiary/aromatic N) is 6. The third-order valence-corrected chi connectivity index (χ3v) is 7.79. The van der Waals surface area contributed by atoms with Crippen LogP contribution in [0.3, 0.4) is 0 Å². The molecule has 1 unspecified atom stereocenters. The number of hydrogen-bond donors (Lipinski definition) is 2. The topological polar surface area (TPSA) is 150 Å². The lowest BCUT2D eigenvalue weighted by molar-refractivity contribution is 0.102. The van der Waals surface area contributed by atoms with E-state index >= 15 is 0 Å². The first kappa shape index (κ1) is 22.5. The number of amides is 1. The molecule has 10 nitrogen and oxygen atoms in total. The lowest BCUT2D eigenvalue weighted by Gasteiger charge is -2.38. The number of carbonyl (C=O) groups excluding carboxylic acids is 1. The summed E-state index contributed by atoms with van der Waals surface area (Å²) in [6.07, 6.45) is 2.62. The van der Waals surface area contributed by atoms with Gasteiger partial charge in [0, 0.05) is 12.7 Å². The van der Waals surface area contributed by atoms with Crippen molar-refractivity contribution in [3.05, 3.63) is 53.2 Å². The van der Waals surface area contributed by atoms with Crippen LogP contribution >= 0.6 is 0 Å². The van der Waals surface area contributed by atoms with Crippen LogP contribution < -0.4 is 11.1 Å². The van der Waals surface area contributed by atoms with Crippen molar-refractivity contribution in [3.63, 3.8) is 0 Å². The van der Waals surface area contributed by atoms with Crippen molar-refractivity contribution in [3.8, 4) is 6.07 Å². The molecule has 0 aliphatic carbocycles. The van der Waals surface area contributed by atoms with Gasteiger partial charge in [0.15, 0.2) is 5.54 Å². The van der Waals surface area contributed by atoms with Gasteiger partial charge in [0.05, 0.1) is 17.9 Å². The molecule has 2 aliphatic heterocycles. The molecule has 13 heteroatoms. The fourth-order valence-electron chi connectivity index (χ4n) is 3.66. The van der Waals surface area contributed by atoms with Gasteiger partial charge in [-0.2, -0.15) is 5.26 Å². The molecule has 2 aromatic rings. The molecule has 4 rings (SSSR count). The maximum atomic E-state index is 14.9. The van der Waals surface area contributed by atoms with E-state index in [0.717, 1.165) is 6.07 Å². The van der Waals surface area contributed by atoms with Gasteiger partial charge in [-0.05, 0) is 37.1 Å². The number of halogens is 2. The number of rotatable bonds is 4. The SMILES string of the molecule is N#Cc1ccc(C(=O)Nc2ccc(F)c([C@]3(CF)CS4(=O)=NCCCCN4C(N)=N3)n2)nc1. The molecule has 0 saturated heterocycles. The summed E-state index contributed by atoms with van der Waals surface area (Å²) in [6, 6.07) is 6.87. The maximum absolute atomic E-state index is 14.9. The van der Waals surface area contributed by atoms with Gasteiger partial charge >= 0.3 is 0 Å². The van der Waals surface area contributed by atoms with Crippen molar-refractivity contribution >= 4 is 27.6 Å². The standard InChI is InChI=1S/C20H20F2N8O2S/c21-11-20(12-33(32)26-7-1-2-8-30(33)19(24)29-20)17-14(22)4-6-16(27-17)28-18(31)15-5-3-13(9-23)10-25-15/h3-6,10H,1-2,7-8,11-12H2,(H2,24,29)(H,27,28,31)/t20-,33?/m0/s1. The molecule has 3 N–H and O–H groups in total. The van der Waals surface area contributed by atoms with E-state index in [4.69, 9.17) is 11.0 Å². The number of nitrogens with two attached hydrogens (primary N) is 1. The second kappa shape index (κ2) is 8.70. The third-order valence-electron chi connectivity index (χ3n) is 5.29. The van der Waals surface area contributed by atoms with Gasteiger partial charge in [0.1, 0.15) is 45.7 Å². The number of fused-ring (bicyclic) bond motifs is 1. The average Bonchev–Trinajstić information content (AvgIpc) is 3.01. The Morgan fingerprint density at radius 1 is 1.33 bits per heavy atom. The Balaban J connectivity index is 1.71. The van der Waals surface area contributed by atoms with Crippen LogP contribution in [0, 0.1) is 17.1 Å². The highest BCUT2D eigenvalue weighted by molar-refractivity contribution is 7.92. The Labute approximate surface area is 188 Å². The van der Waals surface area contributed by atoms with E-state index in [1.165, 1.54) is 28.7 Å². The smallest absolute Gasteiger partial charge is 0.275 e. The van der Waals surface area contributed by atoms with Crippen LogP contribution in [0.5, 0.6) is 0 Å². The van der Waals surface area contributed by atoms with E-state index in [9.17, 15) is 17.8 Å². The second-order valence-corrected chi connectivity index (χ2v) is 9.77. The molecule has 33 heavy (non-hydrogen) atoms. The number of hydrogen-bond acceptors (Lipinski definition) is 8. The fourth-order valence-corrected chi connectivity index (χ4v) is 6.10. The summed E-state index contributed by atoms with van der Waals surface area (Å²) in [5, 5.41) is 11.3. The Kier molecular flexibility index (Phi) is 5.94. The summed E-state index contributed by atoms with van der Waals surface area (Å²) < 4.78 is 48.4. The van der Waals surface area contributed by atoms with Crippen LogP contribution in [-0.2, 0) is 15.5 Å². The molecular formula is C20H20F2N8O2S. The van der Waals surface area contributed by atoms with Crippen LogP contribution in [0.2, 0.25) is 0 Å². The third kappa shape index (κ3) is 4.21. The van der Waals surface area contributed by atoms with E-state index in [-0.39, 0.29) is 23.0 Å². The molecule has 1 amide bonds. The molecule has 4 heterocycles. The Morgan fingerprint density at radius 3 is 2.85 bits per heavy atom. The monoisotopic (exact) mass is 474 g/mol. The summed E-state index contributed by atoms with van der Waals surface area (Å²) in [6.45, 7) is -0.551. The van der Waals surface area contributed by atoms with E-state index in [1.54, 1.807) is 0 Å². The van der Waals surface area contributed by atoms with Gasteiger partial charge in [0.2, 0.25) is 5.96 Å². The number of aromatic nitrogens is 2. The minimum atomic E-state index is -3.16. The van der Waals surface area contributed by atoms with Gasteiger partial charge in [-0.25, -0.2) is 32.3 Å². The van der Waals surface area contributed by atoms with Crippen molar-refractivity contribution < 1.29 is 17.8 Å². The molecule has 0 bridgehead atoms. The van der Waals surface area contributed by atoms with Crippen molar-refractivity contribution in [2.24, 2.45) is 15.1 Å². The van der Waals surface area contributed by atoms with Crippen molar-refractivity contribution in [2.45, 2.75) is 18.4 Å². The number of aliphatic imine (C=N–C) groups is 1. The highest BCUT2D eigenvalue weighted by Crippen LogP contribution is 2.36. The zero-order valence-corrected chi connectivity index (χ0v) is 18.2. The maximum Gasteiger partial charge on any atom is 0.275 e. The molecule has 0 spiro atoms. The minimum Gasteiger partial charge on any atom is -0.369 e. The number of anilines is 1. The van der Waals surface area contributed by atoms with Crippen LogP contribution in [0.4, 0.5) is 14.6 Å². The first-order valence-corrected chi connectivity index (χ1v) is 11.7. The van der Waals surface area contributed by atoms with Crippen LogP contribution in [-0.4, -0.2) is 55.9 Å². The van der Waals surface area contributed by atoms with Crippen molar-refractivity contribution in [1.29, 1.82) is 5.26 Å². The van der Waals surface area contributed by atoms with E-state index in [0.29, 0.717) is 25.9 Å². The summed E-state index contributed by atoms with van der Waals surface area (Å²) >= 11 is 0. The summed E-state index contributed by atoms with van der Waals surface area (Å²) in [5.41, 5.74) is 3.91. The van der Waals surface area contributed by atoms with Gasteiger partial charge in [-0.1, -0.05) is 0 Å². The van der Waals surface area contributed by atoms with Gasteiger partial charge in [-0.15, -0.1) is 0 Å². The average molecular weight is 474 g/mol. The van der Waals surface area contributed by atoms with Crippen LogP contribution in [0.25, 0.3) is 0 Å². The normalized spacial score (nSPS) is 24.5. The fraction of sp³-hybridized carbons (Fsp3) is 0.350. The molecular weight excluding hydrogens is 454 g/mol. The van der Waals surface area contributed by atoms with Crippen LogP contribution in [0.15, 0.2) is 39.8 Å². The zero-order valence-electron chi connectivity index (χ0n) is 17.4. The lowest BCUT2D eigenvalue weighted by atomic mass is 9.98. The Bertz CT molecular complexity index is 1280. The number of nitriles is 1. The quantitative estimate of drug-likeness (QED) is 0.689. The van der Waals surface area contributed by atoms with E-state index < -0.39 is 45.3 Å². The van der Waals surface area contributed by atoms with Gasteiger partial charge in [-0.3, -0.25) is 9.10 Å². The minimum absolute atomic E-state index is 0.00216. The van der Waals surface area contributed by atoms with Gasteiger partial charge < -0.3 is 11.1 Å². The van der Waals surface area contributed by atoms with Gasteiger partial charge in [0.25, 0.3) is 5.91 Å². The molecule has 2 atom stereocenters. The van der Waals surface area contributed by atoms with Crippen LogP contribution in [0.1, 0.15) is 34.6 Å². The molecule has 0 fully saturated rings. The summed E-state index contributed by atoms with van der Waals surface area (Å²) in [7, 11) is -3.16. The Hall–Kier alpha value is -3.66. The predicted molar refractivity (Wildman–Crippen MR) is 117 cm³/mol. The number of nitrogens with one attached hydrogen (secondary N) is 1. The molecule has 172 valence electrons. The zero-order chi connectivity index (χ0) is 23.6. The highest BCUT2D eigenvalue weighted by atomic mass is 32.2. The Morgan fingerprint density at radius 2 is 2.15 bits per heavy atom. The summed E-state index contributed by atoms with van der Waals surface area (Å²) in [5.74, 6) is -2.24. The molecule has 2 aromatic heterocycles. The molecule has 0 aromatic carbocycles. The lowest BCUT2D eigenvalue weighted by Crippen LogP contribution is -2.54. The second-order valence-electron chi connectivity index (χ2n) is 7.57. The molecule has 0 saturated carbocycles. The molecule has 2 aliphatic rings. The first-order valence-electron chi connectivity index (χ1n) is 10.0. The predicted octanol–water partition coefficient (Wildman–Crippen LogP) is 1.71. The van der Waals surface area contributed by atoms with E-state index in [1.807, 2.05) is 6.07 Å². The number of pyridine rings is 2. The summed E-state index contributed by atoms with van der Waals surface area (Å²) in [4.78, 5) is 24.6. The first-order chi connectivity index (χ1) is 15.8. The number of guanidine groups is 1.